The van der Waals surface area contributed by atoms with Crippen molar-refractivity contribution in [2.75, 3.05) is 12.0 Å². The Labute approximate surface area is 199 Å². The zero-order valence-corrected chi connectivity index (χ0v) is 19.6. The molecule has 3 heterocycles. The fraction of sp³-hybridized carbons (Fsp3) is 0.360. The second-order valence-electron chi connectivity index (χ2n) is 8.45. The number of halogens is 1. The Morgan fingerprint density at radius 1 is 1.09 bits per heavy atom. The van der Waals surface area contributed by atoms with Crippen LogP contribution >= 0.6 is 23.8 Å². The van der Waals surface area contributed by atoms with E-state index in [9.17, 15) is 0 Å². The molecule has 32 heavy (non-hydrogen) atoms. The lowest BCUT2D eigenvalue weighted by Crippen LogP contribution is -2.31. The third-order valence-electron chi connectivity index (χ3n) is 6.59. The summed E-state index contributed by atoms with van der Waals surface area (Å²) in [7, 11) is 1.62. The standard InChI is InChI=1S/C25H27ClN4OS/c1-31-22-13-12-18(16-19(22)26)30-24(23(28-25(30)32)20-10-5-6-14-27-20)21-11-7-15-29(21)17-8-3-2-4-9-17/h5-7,10-17,23-24H,2-4,8-9H2,1H3,(H,28,32)/t23-,24-/m0/s1. The van der Waals surface area contributed by atoms with Gasteiger partial charge in [0, 0.05) is 29.8 Å². The summed E-state index contributed by atoms with van der Waals surface area (Å²) >= 11 is 12.4. The van der Waals surface area contributed by atoms with Gasteiger partial charge in [0.1, 0.15) is 11.8 Å². The van der Waals surface area contributed by atoms with Crippen molar-refractivity contribution in [2.24, 2.45) is 0 Å². The fourth-order valence-electron chi connectivity index (χ4n) is 5.09. The van der Waals surface area contributed by atoms with Crippen LogP contribution in [0.4, 0.5) is 5.69 Å². The van der Waals surface area contributed by atoms with Gasteiger partial charge >= 0.3 is 0 Å². The molecule has 0 bridgehead atoms. The molecule has 1 saturated heterocycles. The Morgan fingerprint density at radius 3 is 2.66 bits per heavy atom. The van der Waals surface area contributed by atoms with Gasteiger partial charge in [-0.3, -0.25) is 4.98 Å². The minimum Gasteiger partial charge on any atom is -0.495 e. The second kappa shape index (κ2) is 9.12. The average molecular weight is 467 g/mol. The number of benzene rings is 1. The van der Waals surface area contributed by atoms with Crippen molar-refractivity contribution in [3.8, 4) is 5.75 Å². The number of ether oxygens (including phenoxy) is 1. The van der Waals surface area contributed by atoms with Crippen molar-refractivity contribution in [3.05, 3.63) is 77.3 Å². The SMILES string of the molecule is COc1ccc(N2C(=S)N[C@@H](c3ccccn3)[C@@H]2c2cccn2C2CCCCC2)cc1Cl. The monoisotopic (exact) mass is 466 g/mol. The van der Waals surface area contributed by atoms with Gasteiger partial charge in [-0.05, 0) is 67.5 Å². The molecule has 1 aliphatic carbocycles. The molecule has 0 spiro atoms. The van der Waals surface area contributed by atoms with Crippen LogP contribution in [-0.2, 0) is 0 Å². The molecule has 7 heteroatoms. The fourth-order valence-corrected chi connectivity index (χ4v) is 5.69. The van der Waals surface area contributed by atoms with E-state index in [-0.39, 0.29) is 12.1 Å². The lowest BCUT2D eigenvalue weighted by molar-refractivity contribution is 0.340. The predicted octanol–water partition coefficient (Wildman–Crippen LogP) is 6.23. The maximum atomic E-state index is 6.50. The lowest BCUT2D eigenvalue weighted by atomic mass is 9.94. The Bertz CT molecular complexity index is 1100. The molecule has 2 aromatic heterocycles. The zero-order chi connectivity index (χ0) is 22.1. The molecule has 1 saturated carbocycles. The predicted molar refractivity (Wildman–Crippen MR) is 132 cm³/mol. The van der Waals surface area contributed by atoms with Gasteiger partial charge in [-0.1, -0.05) is 36.9 Å². The summed E-state index contributed by atoms with van der Waals surface area (Å²) in [6.07, 6.45) is 10.4. The Balaban J connectivity index is 1.61. The summed E-state index contributed by atoms with van der Waals surface area (Å²) in [5, 5.41) is 4.78. The molecule has 5 rings (SSSR count). The first-order valence-corrected chi connectivity index (χ1v) is 12.0. The van der Waals surface area contributed by atoms with Crippen LogP contribution in [0.2, 0.25) is 5.02 Å². The molecule has 1 aromatic carbocycles. The number of hydrogen-bond acceptors (Lipinski definition) is 3. The second-order valence-corrected chi connectivity index (χ2v) is 9.24. The number of aromatic nitrogens is 2. The quantitative estimate of drug-likeness (QED) is 0.451. The lowest BCUT2D eigenvalue weighted by Gasteiger charge is -2.32. The Hall–Kier alpha value is -2.57. The third-order valence-corrected chi connectivity index (χ3v) is 7.20. The molecule has 1 aliphatic heterocycles. The first-order valence-electron chi connectivity index (χ1n) is 11.2. The van der Waals surface area contributed by atoms with Crippen molar-refractivity contribution >= 4 is 34.6 Å². The molecule has 0 unspecified atom stereocenters. The van der Waals surface area contributed by atoms with E-state index in [0.717, 1.165) is 11.4 Å². The number of methoxy groups -OCH3 is 1. The van der Waals surface area contributed by atoms with Gasteiger partial charge in [0.2, 0.25) is 0 Å². The van der Waals surface area contributed by atoms with Crippen molar-refractivity contribution in [2.45, 2.75) is 50.2 Å². The average Bonchev–Trinajstić information content (AvgIpc) is 3.44. The van der Waals surface area contributed by atoms with E-state index >= 15 is 0 Å². The summed E-state index contributed by atoms with van der Waals surface area (Å²) in [5.74, 6) is 0.650. The smallest absolute Gasteiger partial charge is 0.174 e. The largest absolute Gasteiger partial charge is 0.495 e. The molecular weight excluding hydrogens is 440 g/mol. The van der Waals surface area contributed by atoms with Gasteiger partial charge < -0.3 is 19.5 Å². The normalized spacial score (nSPS) is 21.6. The van der Waals surface area contributed by atoms with Gasteiger partial charge in [-0.25, -0.2) is 0 Å². The minimum absolute atomic E-state index is 0.0428. The number of nitrogens with one attached hydrogen (secondary N) is 1. The van der Waals surface area contributed by atoms with Crippen LogP contribution in [0.3, 0.4) is 0 Å². The molecule has 1 N–H and O–H groups in total. The van der Waals surface area contributed by atoms with E-state index < -0.39 is 0 Å². The molecule has 5 nitrogen and oxygen atoms in total. The highest BCUT2D eigenvalue weighted by molar-refractivity contribution is 7.80. The van der Waals surface area contributed by atoms with Crippen molar-refractivity contribution in [1.82, 2.24) is 14.9 Å². The van der Waals surface area contributed by atoms with Crippen molar-refractivity contribution in [1.29, 1.82) is 0 Å². The number of anilines is 1. The molecule has 0 radical (unpaired) electrons. The van der Waals surface area contributed by atoms with Gasteiger partial charge in [-0.15, -0.1) is 0 Å². The first kappa shape index (κ1) is 21.3. The topological polar surface area (TPSA) is 42.3 Å². The van der Waals surface area contributed by atoms with E-state index in [1.54, 1.807) is 7.11 Å². The van der Waals surface area contributed by atoms with Crippen LogP contribution in [0.1, 0.15) is 61.6 Å². The van der Waals surface area contributed by atoms with E-state index in [2.05, 4.69) is 44.2 Å². The molecule has 2 atom stereocenters. The maximum absolute atomic E-state index is 6.50. The van der Waals surface area contributed by atoms with Gasteiger partial charge in [0.15, 0.2) is 5.11 Å². The van der Waals surface area contributed by atoms with E-state index in [1.165, 1.54) is 37.8 Å². The number of pyridine rings is 1. The number of hydrogen-bond donors (Lipinski definition) is 1. The highest BCUT2D eigenvalue weighted by Crippen LogP contribution is 2.44. The number of nitrogens with zero attached hydrogens (tertiary/aromatic N) is 3. The molecule has 2 fully saturated rings. The number of thiocarbonyl (C=S) groups is 1. The first-order chi connectivity index (χ1) is 15.7. The summed E-state index contributed by atoms with van der Waals surface area (Å²) in [5.41, 5.74) is 3.15. The molecule has 166 valence electrons. The highest BCUT2D eigenvalue weighted by atomic mass is 35.5. The van der Waals surface area contributed by atoms with Gasteiger partial charge in [0.05, 0.1) is 23.9 Å². The molecule has 3 aromatic rings. The third kappa shape index (κ3) is 3.86. The maximum Gasteiger partial charge on any atom is 0.174 e. The van der Waals surface area contributed by atoms with Crippen molar-refractivity contribution in [3.63, 3.8) is 0 Å². The van der Waals surface area contributed by atoms with Crippen LogP contribution in [0.15, 0.2) is 60.9 Å². The minimum atomic E-state index is -0.0678. The van der Waals surface area contributed by atoms with Crippen LogP contribution in [0, 0.1) is 0 Å². The Kier molecular flexibility index (Phi) is 6.07. The zero-order valence-electron chi connectivity index (χ0n) is 18.1. The van der Waals surface area contributed by atoms with E-state index in [0.29, 0.717) is 21.9 Å². The summed E-state index contributed by atoms with van der Waals surface area (Å²) in [6, 6.07) is 16.7. The van der Waals surface area contributed by atoms with Crippen LogP contribution < -0.4 is 15.0 Å². The Morgan fingerprint density at radius 2 is 1.94 bits per heavy atom. The summed E-state index contributed by atoms with van der Waals surface area (Å²) < 4.78 is 7.83. The highest BCUT2D eigenvalue weighted by Gasteiger charge is 2.42. The van der Waals surface area contributed by atoms with Crippen LogP contribution in [0.25, 0.3) is 0 Å². The van der Waals surface area contributed by atoms with Crippen LogP contribution in [0.5, 0.6) is 5.75 Å². The summed E-state index contributed by atoms with van der Waals surface area (Å²) in [4.78, 5) is 6.84. The number of rotatable bonds is 5. The van der Waals surface area contributed by atoms with Gasteiger partial charge in [0.25, 0.3) is 0 Å². The van der Waals surface area contributed by atoms with E-state index in [4.69, 9.17) is 28.6 Å². The molecule has 0 amide bonds. The van der Waals surface area contributed by atoms with Gasteiger partial charge in [-0.2, -0.15) is 0 Å². The van der Waals surface area contributed by atoms with Crippen molar-refractivity contribution < 1.29 is 4.74 Å². The molecular formula is C25H27ClN4OS. The summed E-state index contributed by atoms with van der Waals surface area (Å²) in [6.45, 7) is 0. The molecule has 2 aliphatic rings. The van der Waals surface area contributed by atoms with Crippen LogP contribution in [-0.4, -0.2) is 21.8 Å². The van der Waals surface area contributed by atoms with E-state index in [1.807, 2.05) is 36.5 Å².